The predicted octanol–water partition coefficient (Wildman–Crippen LogP) is 0.668. The zero-order chi connectivity index (χ0) is 15.6. The van der Waals surface area contributed by atoms with E-state index >= 15 is 0 Å². The minimum absolute atomic E-state index is 0.0640. The van der Waals surface area contributed by atoms with Crippen LogP contribution in [-0.2, 0) is 9.59 Å². The summed E-state index contributed by atoms with van der Waals surface area (Å²) in [4.78, 5) is 35.9. The summed E-state index contributed by atoms with van der Waals surface area (Å²) in [5.74, 6) is -1.47. The van der Waals surface area contributed by atoms with E-state index in [2.05, 4.69) is 10.6 Å². The zero-order valence-corrected chi connectivity index (χ0v) is 11.8. The minimum atomic E-state index is -0.969. The van der Waals surface area contributed by atoms with Gasteiger partial charge in [-0.1, -0.05) is 0 Å². The second kappa shape index (κ2) is 5.82. The molecule has 3 N–H and O–H groups in total. The summed E-state index contributed by atoms with van der Waals surface area (Å²) in [5.41, 5.74) is 1.79. The quantitative estimate of drug-likeness (QED) is 0.757. The highest BCUT2D eigenvalue weighted by atomic mass is 16.4. The fourth-order valence-corrected chi connectivity index (χ4v) is 2.09. The van der Waals surface area contributed by atoms with Gasteiger partial charge in [-0.2, -0.15) is 0 Å². The zero-order valence-electron chi connectivity index (χ0n) is 11.8. The molecule has 0 fully saturated rings. The largest absolute Gasteiger partial charge is 0.481 e. The van der Waals surface area contributed by atoms with Crippen LogP contribution in [0.15, 0.2) is 18.2 Å². The molecule has 0 saturated carbocycles. The van der Waals surface area contributed by atoms with Crippen molar-refractivity contribution >= 4 is 29.2 Å². The van der Waals surface area contributed by atoms with Gasteiger partial charge in [0.2, 0.25) is 5.91 Å². The summed E-state index contributed by atoms with van der Waals surface area (Å²) in [5, 5.41) is 13.8. The van der Waals surface area contributed by atoms with Crippen LogP contribution in [0, 0.1) is 0 Å². The van der Waals surface area contributed by atoms with Crippen LogP contribution in [0.3, 0.4) is 0 Å². The van der Waals surface area contributed by atoms with Crippen molar-refractivity contribution in [3.8, 4) is 0 Å². The molecule has 1 heterocycles. The Morgan fingerprint density at radius 2 is 2.14 bits per heavy atom. The second-order valence-corrected chi connectivity index (χ2v) is 4.91. The predicted molar refractivity (Wildman–Crippen MR) is 77.5 cm³/mol. The smallest absolute Gasteiger partial charge is 0.305 e. The number of hydrogen-bond donors (Lipinski definition) is 3. The van der Waals surface area contributed by atoms with Gasteiger partial charge in [-0.05, 0) is 25.1 Å². The van der Waals surface area contributed by atoms with Crippen LogP contribution in [0.2, 0.25) is 0 Å². The van der Waals surface area contributed by atoms with Crippen molar-refractivity contribution < 1.29 is 19.5 Å². The number of likely N-dealkylation sites (N-methyl/N-ethyl adjacent to an activating group) is 1. The number of fused-ring (bicyclic) bond motifs is 1. The van der Waals surface area contributed by atoms with Crippen LogP contribution in [-0.4, -0.2) is 42.5 Å². The average Bonchev–Trinajstić information content (AvgIpc) is 2.44. The lowest BCUT2D eigenvalue weighted by Gasteiger charge is -2.33. The molecule has 1 atom stereocenters. The fourth-order valence-electron chi connectivity index (χ4n) is 2.09. The third kappa shape index (κ3) is 3.13. The molecule has 7 nitrogen and oxygen atoms in total. The molecule has 112 valence electrons. The van der Waals surface area contributed by atoms with Gasteiger partial charge >= 0.3 is 5.97 Å². The van der Waals surface area contributed by atoms with Gasteiger partial charge in [0.15, 0.2) is 0 Å². The molecular formula is C14H17N3O4. The first kappa shape index (κ1) is 14.8. The number of carboxylic acids is 1. The number of amides is 2. The highest BCUT2D eigenvalue weighted by Crippen LogP contribution is 2.31. The first-order chi connectivity index (χ1) is 9.90. The highest BCUT2D eigenvalue weighted by Gasteiger charge is 2.27. The highest BCUT2D eigenvalue weighted by molar-refractivity contribution is 6.05. The third-order valence-corrected chi connectivity index (χ3v) is 3.48. The number of benzene rings is 1. The first-order valence-corrected chi connectivity index (χ1v) is 6.58. The van der Waals surface area contributed by atoms with Crippen molar-refractivity contribution in [2.75, 3.05) is 23.8 Å². The molecule has 7 heteroatoms. The summed E-state index contributed by atoms with van der Waals surface area (Å²) < 4.78 is 0. The number of aliphatic carboxylic acids is 1. The van der Waals surface area contributed by atoms with Gasteiger partial charge in [0.25, 0.3) is 5.91 Å². The van der Waals surface area contributed by atoms with Gasteiger partial charge in [0.1, 0.15) is 6.04 Å². The summed E-state index contributed by atoms with van der Waals surface area (Å²) in [7, 11) is 1.81. The van der Waals surface area contributed by atoms with E-state index in [1.807, 2.05) is 11.9 Å². The maximum Gasteiger partial charge on any atom is 0.305 e. The lowest BCUT2D eigenvalue weighted by molar-refractivity contribution is -0.136. The minimum Gasteiger partial charge on any atom is -0.481 e. The summed E-state index contributed by atoms with van der Waals surface area (Å²) in [6, 6.07) is 4.73. The van der Waals surface area contributed by atoms with Crippen LogP contribution in [0.1, 0.15) is 23.7 Å². The molecule has 1 unspecified atom stereocenters. The average molecular weight is 291 g/mol. The van der Waals surface area contributed by atoms with Crippen LogP contribution in [0.5, 0.6) is 0 Å². The van der Waals surface area contributed by atoms with Gasteiger partial charge < -0.3 is 20.6 Å². The summed E-state index contributed by atoms with van der Waals surface area (Å²) >= 11 is 0. The van der Waals surface area contributed by atoms with Gasteiger partial charge in [-0.3, -0.25) is 14.4 Å². The van der Waals surface area contributed by atoms with E-state index in [-0.39, 0.29) is 30.8 Å². The fraction of sp³-hybridized carbons (Fsp3) is 0.357. The van der Waals surface area contributed by atoms with Gasteiger partial charge in [-0.15, -0.1) is 0 Å². The number of rotatable bonds is 4. The van der Waals surface area contributed by atoms with Crippen molar-refractivity contribution in [3.05, 3.63) is 23.8 Å². The number of anilines is 2. The molecule has 0 aliphatic carbocycles. The van der Waals surface area contributed by atoms with E-state index in [1.54, 1.807) is 25.1 Å². The van der Waals surface area contributed by atoms with Crippen molar-refractivity contribution in [2.45, 2.75) is 19.4 Å². The molecule has 1 aliphatic rings. The van der Waals surface area contributed by atoms with E-state index in [4.69, 9.17) is 5.11 Å². The third-order valence-electron chi connectivity index (χ3n) is 3.48. The Morgan fingerprint density at radius 3 is 2.81 bits per heavy atom. The molecule has 0 spiro atoms. The normalized spacial score (nSPS) is 17.0. The van der Waals surface area contributed by atoms with Crippen molar-refractivity contribution in [2.24, 2.45) is 0 Å². The van der Waals surface area contributed by atoms with Gasteiger partial charge in [0.05, 0.1) is 17.8 Å². The van der Waals surface area contributed by atoms with Crippen LogP contribution < -0.4 is 15.5 Å². The van der Waals surface area contributed by atoms with Gasteiger partial charge in [0, 0.05) is 19.2 Å². The Morgan fingerprint density at radius 1 is 1.43 bits per heavy atom. The lowest BCUT2D eigenvalue weighted by Crippen LogP contribution is -2.44. The van der Waals surface area contributed by atoms with Crippen molar-refractivity contribution in [3.63, 3.8) is 0 Å². The SMILES string of the molecule is CC1C(=O)Nc2cc(C(=O)NCCC(=O)O)ccc2N1C. The van der Waals surface area contributed by atoms with Crippen LogP contribution in [0.4, 0.5) is 11.4 Å². The van der Waals surface area contributed by atoms with E-state index < -0.39 is 5.97 Å². The number of carbonyl (C=O) groups is 3. The molecule has 0 radical (unpaired) electrons. The molecule has 0 bridgehead atoms. The topological polar surface area (TPSA) is 98.7 Å². The Kier molecular flexibility index (Phi) is 4.11. The Hall–Kier alpha value is -2.57. The van der Waals surface area contributed by atoms with Gasteiger partial charge in [-0.25, -0.2) is 0 Å². The van der Waals surface area contributed by atoms with E-state index in [1.165, 1.54) is 0 Å². The second-order valence-electron chi connectivity index (χ2n) is 4.91. The van der Waals surface area contributed by atoms with Crippen LogP contribution >= 0.6 is 0 Å². The Balaban J connectivity index is 2.14. The monoisotopic (exact) mass is 291 g/mol. The molecule has 0 aromatic heterocycles. The Bertz CT molecular complexity index is 600. The van der Waals surface area contributed by atoms with Crippen LogP contribution in [0.25, 0.3) is 0 Å². The molecule has 1 aliphatic heterocycles. The molecule has 2 amide bonds. The summed E-state index contributed by atoms with van der Waals surface area (Å²) in [6.45, 7) is 1.86. The summed E-state index contributed by atoms with van der Waals surface area (Å²) in [6.07, 6.45) is -0.131. The molecule has 1 aromatic carbocycles. The van der Waals surface area contributed by atoms with Crippen molar-refractivity contribution in [1.82, 2.24) is 5.32 Å². The maximum absolute atomic E-state index is 11.9. The number of carboxylic acid groups (broad SMARTS) is 1. The molecule has 21 heavy (non-hydrogen) atoms. The number of hydrogen-bond acceptors (Lipinski definition) is 4. The molecular weight excluding hydrogens is 274 g/mol. The number of carbonyl (C=O) groups excluding carboxylic acids is 2. The first-order valence-electron chi connectivity index (χ1n) is 6.58. The molecule has 1 aromatic rings. The lowest BCUT2D eigenvalue weighted by atomic mass is 10.1. The van der Waals surface area contributed by atoms with E-state index in [0.717, 1.165) is 5.69 Å². The molecule has 0 saturated heterocycles. The maximum atomic E-state index is 11.9. The van der Waals surface area contributed by atoms with Crippen molar-refractivity contribution in [1.29, 1.82) is 0 Å². The van der Waals surface area contributed by atoms with E-state index in [9.17, 15) is 14.4 Å². The number of nitrogens with one attached hydrogen (secondary N) is 2. The van der Waals surface area contributed by atoms with E-state index in [0.29, 0.717) is 11.3 Å². The standard InChI is InChI=1S/C14H17N3O4/c1-8-13(20)16-10-7-9(3-4-11(10)17(8)2)14(21)15-6-5-12(18)19/h3-4,7-8H,5-6H2,1-2H3,(H,15,21)(H,16,20)(H,18,19). The number of nitrogens with zero attached hydrogens (tertiary/aromatic N) is 1. The molecule has 2 rings (SSSR count). The Labute approximate surface area is 121 Å².